The van der Waals surface area contributed by atoms with Crippen molar-refractivity contribution in [3.8, 4) is 0 Å². The average Bonchev–Trinajstić information content (AvgIpc) is 3.13. The first kappa shape index (κ1) is 14.5. The van der Waals surface area contributed by atoms with E-state index < -0.39 is 5.97 Å². The molecule has 0 unspecified atom stereocenters. The highest BCUT2D eigenvalue weighted by Crippen LogP contribution is 2.27. The van der Waals surface area contributed by atoms with Crippen LogP contribution in [0.5, 0.6) is 0 Å². The van der Waals surface area contributed by atoms with Gasteiger partial charge >= 0.3 is 5.97 Å². The van der Waals surface area contributed by atoms with E-state index in [4.69, 9.17) is 5.11 Å². The molecule has 0 aliphatic heterocycles. The first-order valence-corrected chi connectivity index (χ1v) is 7.01. The summed E-state index contributed by atoms with van der Waals surface area (Å²) in [5.41, 5.74) is 0.797. The molecule has 20 heavy (non-hydrogen) atoms. The van der Waals surface area contributed by atoms with Crippen molar-refractivity contribution in [3.05, 3.63) is 11.9 Å². The summed E-state index contributed by atoms with van der Waals surface area (Å²) in [4.78, 5) is 22.0. The number of hydrogen-bond donors (Lipinski definition) is 2. The van der Waals surface area contributed by atoms with E-state index in [2.05, 4.69) is 15.6 Å². The first-order valence-electron chi connectivity index (χ1n) is 7.01. The molecule has 0 saturated heterocycles. The molecular formula is C13H20N4O3. The lowest BCUT2D eigenvalue weighted by Crippen LogP contribution is -2.29. The van der Waals surface area contributed by atoms with Crippen LogP contribution < -0.4 is 5.32 Å². The van der Waals surface area contributed by atoms with E-state index in [9.17, 15) is 9.59 Å². The van der Waals surface area contributed by atoms with Gasteiger partial charge in [0.1, 0.15) is 6.54 Å². The van der Waals surface area contributed by atoms with Gasteiger partial charge in [-0.3, -0.25) is 9.59 Å². The number of amides is 1. The largest absolute Gasteiger partial charge is 0.481 e. The van der Waals surface area contributed by atoms with Crippen molar-refractivity contribution in [2.75, 3.05) is 6.54 Å². The fourth-order valence-corrected chi connectivity index (χ4v) is 1.90. The Morgan fingerprint density at radius 3 is 2.90 bits per heavy atom. The van der Waals surface area contributed by atoms with Crippen LogP contribution in [0.2, 0.25) is 0 Å². The van der Waals surface area contributed by atoms with Crippen LogP contribution in [0.4, 0.5) is 0 Å². The second kappa shape index (κ2) is 7.02. The van der Waals surface area contributed by atoms with Gasteiger partial charge in [-0.2, -0.15) is 0 Å². The summed E-state index contributed by atoms with van der Waals surface area (Å²) in [6.45, 7) is 0.949. The molecule has 7 nitrogen and oxygen atoms in total. The average molecular weight is 280 g/mol. The van der Waals surface area contributed by atoms with E-state index >= 15 is 0 Å². The van der Waals surface area contributed by atoms with Crippen LogP contribution in [-0.4, -0.2) is 38.5 Å². The van der Waals surface area contributed by atoms with Crippen molar-refractivity contribution in [3.63, 3.8) is 0 Å². The summed E-state index contributed by atoms with van der Waals surface area (Å²) in [6.07, 6.45) is 6.43. The van der Waals surface area contributed by atoms with E-state index in [0.29, 0.717) is 18.8 Å². The van der Waals surface area contributed by atoms with Crippen LogP contribution in [0.1, 0.15) is 37.8 Å². The third-order valence-corrected chi connectivity index (χ3v) is 3.25. The summed E-state index contributed by atoms with van der Waals surface area (Å²) in [5.74, 6) is -0.153. The van der Waals surface area contributed by atoms with Gasteiger partial charge in [0.25, 0.3) is 0 Å². The Bertz CT molecular complexity index is 468. The quantitative estimate of drug-likeness (QED) is 0.646. The van der Waals surface area contributed by atoms with Crippen LogP contribution in [-0.2, 0) is 22.6 Å². The molecule has 1 aliphatic rings. The molecule has 1 fully saturated rings. The third kappa shape index (κ3) is 5.38. The number of rotatable bonds is 9. The smallest absolute Gasteiger partial charge is 0.303 e. The Labute approximate surface area is 117 Å². The Kier molecular flexibility index (Phi) is 5.09. The zero-order valence-corrected chi connectivity index (χ0v) is 11.4. The highest BCUT2D eigenvalue weighted by atomic mass is 16.4. The second-order valence-electron chi connectivity index (χ2n) is 5.26. The number of carbonyl (C=O) groups is 2. The number of nitrogens with one attached hydrogen (secondary N) is 1. The van der Waals surface area contributed by atoms with Crippen molar-refractivity contribution in [2.45, 2.75) is 45.1 Å². The van der Waals surface area contributed by atoms with Crippen molar-refractivity contribution < 1.29 is 14.7 Å². The second-order valence-corrected chi connectivity index (χ2v) is 5.26. The molecule has 1 aromatic heterocycles. The number of unbranched alkanes of at least 4 members (excludes halogenated alkanes) is 1. The molecule has 0 spiro atoms. The lowest BCUT2D eigenvalue weighted by molar-refractivity contribution is -0.137. The zero-order chi connectivity index (χ0) is 14.4. The number of aliphatic carboxylic acids is 1. The van der Waals surface area contributed by atoms with Gasteiger partial charge in [-0.15, -0.1) is 5.10 Å². The highest BCUT2D eigenvalue weighted by molar-refractivity contribution is 5.75. The number of carboxylic acids is 1. The number of aryl methyl sites for hydroxylation is 1. The summed E-state index contributed by atoms with van der Waals surface area (Å²) < 4.78 is 1.52. The first-order chi connectivity index (χ1) is 9.63. The Hall–Kier alpha value is -1.92. The molecule has 2 rings (SSSR count). The number of hydrogen-bond acceptors (Lipinski definition) is 4. The van der Waals surface area contributed by atoms with Crippen LogP contribution in [0.15, 0.2) is 6.20 Å². The molecular weight excluding hydrogens is 260 g/mol. The van der Waals surface area contributed by atoms with Gasteiger partial charge < -0.3 is 10.4 Å². The fourth-order valence-electron chi connectivity index (χ4n) is 1.90. The Morgan fingerprint density at radius 2 is 2.20 bits per heavy atom. The lowest BCUT2D eigenvalue weighted by atomic mass is 10.1. The van der Waals surface area contributed by atoms with Crippen LogP contribution >= 0.6 is 0 Å². The molecule has 0 radical (unpaired) electrons. The van der Waals surface area contributed by atoms with E-state index in [0.717, 1.165) is 18.7 Å². The molecule has 1 aliphatic carbocycles. The van der Waals surface area contributed by atoms with Gasteiger partial charge in [-0.1, -0.05) is 5.21 Å². The lowest BCUT2D eigenvalue weighted by Gasteiger charge is -2.02. The predicted octanol–water partition coefficient (Wildman–Crippen LogP) is 0.602. The van der Waals surface area contributed by atoms with E-state index in [-0.39, 0.29) is 18.9 Å². The SMILES string of the molecule is O=C(O)CCCCc1cn(CC(=O)NCC2CC2)nn1. The monoisotopic (exact) mass is 280 g/mol. The van der Waals surface area contributed by atoms with Gasteiger partial charge in [-0.25, -0.2) is 4.68 Å². The maximum atomic E-state index is 11.6. The minimum Gasteiger partial charge on any atom is -0.481 e. The molecule has 1 aromatic rings. The van der Waals surface area contributed by atoms with Gasteiger partial charge in [0.15, 0.2) is 0 Å². The number of nitrogens with zero attached hydrogens (tertiary/aromatic N) is 3. The molecule has 1 saturated carbocycles. The highest BCUT2D eigenvalue weighted by Gasteiger charge is 2.21. The summed E-state index contributed by atoms with van der Waals surface area (Å²) in [7, 11) is 0. The fraction of sp³-hybridized carbons (Fsp3) is 0.692. The molecule has 0 bridgehead atoms. The van der Waals surface area contributed by atoms with Crippen molar-refractivity contribution in [1.29, 1.82) is 0 Å². The van der Waals surface area contributed by atoms with Crippen molar-refractivity contribution in [1.82, 2.24) is 20.3 Å². The molecule has 1 heterocycles. The Morgan fingerprint density at radius 1 is 1.40 bits per heavy atom. The van der Waals surface area contributed by atoms with E-state index in [1.165, 1.54) is 17.5 Å². The maximum Gasteiger partial charge on any atom is 0.303 e. The third-order valence-electron chi connectivity index (χ3n) is 3.25. The van der Waals surface area contributed by atoms with Crippen LogP contribution in [0, 0.1) is 5.92 Å². The topological polar surface area (TPSA) is 97.1 Å². The number of carbonyl (C=O) groups excluding carboxylic acids is 1. The minimum atomic E-state index is -0.777. The molecule has 7 heteroatoms. The molecule has 1 amide bonds. The van der Waals surface area contributed by atoms with Gasteiger partial charge in [-0.05, 0) is 38.0 Å². The van der Waals surface area contributed by atoms with E-state index in [1.807, 2.05) is 0 Å². The van der Waals surface area contributed by atoms with Gasteiger partial charge in [0.05, 0.1) is 5.69 Å². The number of aromatic nitrogens is 3. The summed E-state index contributed by atoms with van der Waals surface area (Å²) in [5, 5.41) is 19.3. The predicted molar refractivity (Wildman–Crippen MR) is 70.9 cm³/mol. The maximum absolute atomic E-state index is 11.6. The van der Waals surface area contributed by atoms with E-state index in [1.54, 1.807) is 6.20 Å². The standard InChI is InChI=1S/C13H20N4O3/c18-12(14-7-10-5-6-10)9-17-8-11(15-16-17)3-1-2-4-13(19)20/h8,10H,1-7,9H2,(H,14,18)(H,19,20). The minimum absolute atomic E-state index is 0.0424. The number of carboxylic acid groups (broad SMARTS) is 1. The Balaban J connectivity index is 1.65. The van der Waals surface area contributed by atoms with Crippen molar-refractivity contribution in [2.24, 2.45) is 5.92 Å². The zero-order valence-electron chi connectivity index (χ0n) is 11.4. The molecule has 110 valence electrons. The molecule has 0 atom stereocenters. The van der Waals surface area contributed by atoms with Gasteiger partial charge in [0.2, 0.25) is 5.91 Å². The normalized spacial score (nSPS) is 14.2. The van der Waals surface area contributed by atoms with Crippen LogP contribution in [0.3, 0.4) is 0 Å². The van der Waals surface area contributed by atoms with Crippen molar-refractivity contribution >= 4 is 11.9 Å². The van der Waals surface area contributed by atoms with Gasteiger partial charge in [0, 0.05) is 19.2 Å². The molecule has 0 aromatic carbocycles. The van der Waals surface area contributed by atoms with Crippen LogP contribution in [0.25, 0.3) is 0 Å². The summed E-state index contributed by atoms with van der Waals surface area (Å²) in [6, 6.07) is 0. The molecule has 2 N–H and O–H groups in total. The summed E-state index contributed by atoms with van der Waals surface area (Å²) >= 11 is 0.